The summed E-state index contributed by atoms with van der Waals surface area (Å²) in [6, 6.07) is 0. The van der Waals surface area contributed by atoms with Gasteiger partial charge in [-0.3, -0.25) is 0 Å². The Balaban J connectivity index is 2.30. The zero-order chi connectivity index (χ0) is 8.77. The van der Waals surface area contributed by atoms with Crippen LogP contribution in [0.3, 0.4) is 0 Å². The minimum absolute atomic E-state index is 0.878. The predicted octanol–water partition coefficient (Wildman–Crippen LogP) is 3.90. The molecule has 68 valence electrons. The first kappa shape index (κ1) is 9.21. The van der Waals surface area contributed by atoms with Gasteiger partial charge in [0.25, 0.3) is 0 Å². The van der Waals surface area contributed by atoms with Gasteiger partial charge in [0.15, 0.2) is 0 Å². The molecule has 0 amide bonds. The number of fused-ring (bicyclic) bond motifs is 1. The van der Waals surface area contributed by atoms with Gasteiger partial charge < -0.3 is 0 Å². The zero-order valence-corrected chi connectivity index (χ0v) is 10.4. The van der Waals surface area contributed by atoms with Crippen molar-refractivity contribution in [2.45, 2.75) is 30.5 Å². The van der Waals surface area contributed by atoms with Crippen molar-refractivity contribution in [3.63, 3.8) is 0 Å². The molecule has 0 aliphatic carbocycles. The first-order valence-electron chi connectivity index (χ1n) is 4.39. The van der Waals surface area contributed by atoms with Crippen LogP contribution in [0.25, 0.3) is 0 Å². The molecular formula is C9H15PS2. The van der Waals surface area contributed by atoms with Crippen molar-refractivity contribution in [2.75, 3.05) is 6.66 Å². The van der Waals surface area contributed by atoms with E-state index in [1.165, 1.54) is 11.3 Å². The SMILES string of the molecule is CC1=C=C[PH]2(C)SC(C)CC2S1. The van der Waals surface area contributed by atoms with Crippen LogP contribution in [0.2, 0.25) is 0 Å². The average Bonchev–Trinajstić information content (AvgIpc) is 2.24. The van der Waals surface area contributed by atoms with Crippen molar-refractivity contribution in [3.05, 3.63) is 16.5 Å². The standard InChI is InChI=1S/C9H15PS2/c1-7-4-5-10(3)9(11-7)6-8(2)12-10/h5,8-10H,6H2,1-3H3. The van der Waals surface area contributed by atoms with E-state index in [4.69, 9.17) is 0 Å². The fourth-order valence-corrected chi connectivity index (χ4v) is 12.7. The van der Waals surface area contributed by atoms with Crippen LogP contribution in [0, 0.1) is 0 Å². The second-order valence-corrected chi connectivity index (χ2v) is 13.4. The van der Waals surface area contributed by atoms with E-state index in [1.54, 1.807) is 0 Å². The number of thioether (sulfide) groups is 1. The molecule has 2 rings (SSSR count). The Bertz CT molecular complexity index is 268. The van der Waals surface area contributed by atoms with E-state index in [0.29, 0.717) is 0 Å². The van der Waals surface area contributed by atoms with E-state index in [-0.39, 0.29) is 0 Å². The molecule has 0 aromatic rings. The van der Waals surface area contributed by atoms with Crippen LogP contribution in [-0.4, -0.2) is 16.9 Å². The molecule has 0 aromatic carbocycles. The van der Waals surface area contributed by atoms with Crippen LogP contribution < -0.4 is 0 Å². The molecule has 2 unspecified atom stereocenters. The zero-order valence-electron chi connectivity index (χ0n) is 7.76. The van der Waals surface area contributed by atoms with Gasteiger partial charge in [0.05, 0.1) is 0 Å². The number of hydrogen-bond donors (Lipinski definition) is 0. The molecule has 0 spiro atoms. The second-order valence-electron chi connectivity index (χ2n) is 3.80. The Morgan fingerprint density at radius 3 is 3.17 bits per heavy atom. The van der Waals surface area contributed by atoms with Crippen LogP contribution >= 0.6 is 29.6 Å². The molecule has 0 nitrogen and oxygen atoms in total. The summed E-state index contributed by atoms with van der Waals surface area (Å²) < 4.78 is 0. The van der Waals surface area contributed by atoms with Crippen molar-refractivity contribution in [1.29, 1.82) is 0 Å². The summed E-state index contributed by atoms with van der Waals surface area (Å²) in [5.74, 6) is 2.41. The van der Waals surface area contributed by atoms with Crippen molar-refractivity contribution in [3.8, 4) is 0 Å². The van der Waals surface area contributed by atoms with Crippen molar-refractivity contribution >= 4 is 29.6 Å². The van der Waals surface area contributed by atoms with Crippen molar-refractivity contribution in [2.24, 2.45) is 0 Å². The molecule has 3 heteroatoms. The van der Waals surface area contributed by atoms with Crippen LogP contribution in [0.15, 0.2) is 16.5 Å². The fourth-order valence-electron chi connectivity index (χ4n) is 1.88. The van der Waals surface area contributed by atoms with E-state index >= 15 is 0 Å². The summed E-state index contributed by atoms with van der Waals surface area (Å²) >= 11 is 4.32. The summed E-state index contributed by atoms with van der Waals surface area (Å²) in [6.07, 6.45) is 1.41. The molecule has 2 heterocycles. The third-order valence-electron chi connectivity index (χ3n) is 2.52. The van der Waals surface area contributed by atoms with Gasteiger partial charge in [-0.1, -0.05) is 0 Å². The molecule has 0 aromatic heterocycles. The Morgan fingerprint density at radius 1 is 1.67 bits per heavy atom. The summed E-state index contributed by atoms with van der Waals surface area (Å²) in [7, 11) is 0. The summed E-state index contributed by atoms with van der Waals surface area (Å²) in [6.45, 7) is 5.95. The van der Waals surface area contributed by atoms with Gasteiger partial charge in [-0.15, -0.1) is 0 Å². The van der Waals surface area contributed by atoms with Gasteiger partial charge in [-0.05, 0) is 0 Å². The van der Waals surface area contributed by atoms with Crippen LogP contribution in [0.5, 0.6) is 0 Å². The monoisotopic (exact) mass is 218 g/mol. The molecule has 12 heavy (non-hydrogen) atoms. The van der Waals surface area contributed by atoms with E-state index < -0.39 is 6.46 Å². The van der Waals surface area contributed by atoms with Gasteiger partial charge in [-0.2, -0.15) is 0 Å². The van der Waals surface area contributed by atoms with E-state index in [2.05, 4.69) is 55.2 Å². The Labute approximate surface area is 83.3 Å². The molecule has 1 fully saturated rings. The molecular weight excluding hydrogens is 203 g/mol. The van der Waals surface area contributed by atoms with Crippen LogP contribution in [-0.2, 0) is 0 Å². The quantitative estimate of drug-likeness (QED) is 0.447. The molecule has 0 N–H and O–H groups in total. The molecule has 0 bridgehead atoms. The Morgan fingerprint density at radius 2 is 2.42 bits per heavy atom. The van der Waals surface area contributed by atoms with Crippen molar-refractivity contribution in [1.82, 2.24) is 0 Å². The van der Waals surface area contributed by atoms with E-state index in [0.717, 1.165) is 10.2 Å². The Kier molecular flexibility index (Phi) is 2.38. The maximum absolute atomic E-state index is 3.41. The molecule has 2 atom stereocenters. The second kappa shape index (κ2) is 3.10. The molecule has 0 radical (unpaired) electrons. The summed E-state index contributed by atoms with van der Waals surface area (Å²) in [4.78, 5) is 2.32. The third-order valence-corrected chi connectivity index (χ3v) is 13.0. The summed E-state index contributed by atoms with van der Waals surface area (Å²) in [5, 5.41) is 0.878. The molecule has 2 aliphatic rings. The Hall–Kier alpha value is 0.650. The summed E-state index contributed by atoms with van der Waals surface area (Å²) in [5.41, 5.74) is 3.41. The number of allylic oxidation sites excluding steroid dienone is 1. The number of hydrogen-bond acceptors (Lipinski definition) is 2. The fraction of sp³-hybridized carbons (Fsp3) is 0.667. The minimum atomic E-state index is -1.09. The van der Waals surface area contributed by atoms with Gasteiger partial charge in [0, 0.05) is 0 Å². The predicted molar refractivity (Wildman–Crippen MR) is 64.6 cm³/mol. The molecule has 0 saturated carbocycles. The number of rotatable bonds is 0. The van der Waals surface area contributed by atoms with Gasteiger partial charge >= 0.3 is 83.2 Å². The molecule has 1 saturated heterocycles. The van der Waals surface area contributed by atoms with Crippen molar-refractivity contribution < 1.29 is 0 Å². The van der Waals surface area contributed by atoms with E-state index in [9.17, 15) is 0 Å². The van der Waals surface area contributed by atoms with Crippen LogP contribution in [0.4, 0.5) is 0 Å². The van der Waals surface area contributed by atoms with Gasteiger partial charge in [0.2, 0.25) is 0 Å². The third kappa shape index (κ3) is 1.51. The first-order valence-corrected chi connectivity index (χ1v) is 9.53. The first-order chi connectivity index (χ1) is 5.60. The average molecular weight is 218 g/mol. The maximum atomic E-state index is 3.41. The molecule has 2 aliphatic heterocycles. The normalized spacial score (nSPS) is 40.4. The van der Waals surface area contributed by atoms with E-state index in [1.807, 2.05) is 0 Å². The topological polar surface area (TPSA) is 0 Å². The van der Waals surface area contributed by atoms with Gasteiger partial charge in [0.1, 0.15) is 0 Å². The van der Waals surface area contributed by atoms with Crippen LogP contribution in [0.1, 0.15) is 20.3 Å². The van der Waals surface area contributed by atoms with Gasteiger partial charge in [-0.25, -0.2) is 0 Å².